The Morgan fingerprint density at radius 2 is 2.04 bits per heavy atom. The summed E-state index contributed by atoms with van der Waals surface area (Å²) >= 11 is 0. The maximum atomic E-state index is 6.09. The molecule has 7 nitrogen and oxygen atoms in total. The van der Waals surface area contributed by atoms with Gasteiger partial charge in [-0.1, -0.05) is 0 Å². The predicted octanol–water partition coefficient (Wildman–Crippen LogP) is 1.33. The second kappa shape index (κ2) is 10.6. The summed E-state index contributed by atoms with van der Waals surface area (Å²) in [5.41, 5.74) is 0. The van der Waals surface area contributed by atoms with Crippen LogP contribution in [0.4, 0.5) is 0 Å². The van der Waals surface area contributed by atoms with E-state index in [-0.39, 0.29) is 0 Å². The van der Waals surface area contributed by atoms with Crippen molar-refractivity contribution >= 4 is 5.96 Å². The molecule has 156 valence electrons. The molecule has 0 amide bonds. The zero-order chi connectivity index (χ0) is 19.1. The average molecular weight is 383 g/mol. The van der Waals surface area contributed by atoms with Crippen LogP contribution in [0.3, 0.4) is 0 Å². The van der Waals surface area contributed by atoms with Crippen molar-refractivity contribution < 1.29 is 14.2 Å². The molecule has 3 unspecified atom stereocenters. The maximum Gasteiger partial charge on any atom is 0.193 e. The molecule has 0 aliphatic carbocycles. The van der Waals surface area contributed by atoms with Crippen molar-refractivity contribution in [3.8, 4) is 0 Å². The van der Waals surface area contributed by atoms with Crippen LogP contribution in [0.25, 0.3) is 0 Å². The zero-order valence-corrected chi connectivity index (χ0v) is 17.4. The first-order chi connectivity index (χ1) is 13.2. The number of nitrogens with one attached hydrogen (secondary N) is 1. The Balaban J connectivity index is 1.37. The molecule has 1 N–H and O–H groups in total. The lowest BCUT2D eigenvalue weighted by Gasteiger charge is -2.39. The number of likely N-dealkylation sites (tertiary alicyclic amines) is 1. The van der Waals surface area contributed by atoms with Crippen molar-refractivity contribution in [3.63, 3.8) is 0 Å². The van der Waals surface area contributed by atoms with Crippen LogP contribution in [0.15, 0.2) is 4.99 Å². The normalized spacial score (nSPS) is 29.9. The molecule has 0 aromatic rings. The SMILES string of the molecule is CN=C(NCC(C)N1CCOCC1C)N1CCC(OCC2CCCO2)CC1. The predicted molar refractivity (Wildman–Crippen MR) is 107 cm³/mol. The highest BCUT2D eigenvalue weighted by molar-refractivity contribution is 5.80. The van der Waals surface area contributed by atoms with Gasteiger partial charge in [0.25, 0.3) is 0 Å². The lowest BCUT2D eigenvalue weighted by atomic mass is 10.1. The summed E-state index contributed by atoms with van der Waals surface area (Å²) in [6.07, 6.45) is 5.12. The number of ether oxygens (including phenoxy) is 3. The van der Waals surface area contributed by atoms with E-state index >= 15 is 0 Å². The summed E-state index contributed by atoms with van der Waals surface area (Å²) in [5.74, 6) is 1.01. The van der Waals surface area contributed by atoms with Crippen LogP contribution >= 0.6 is 0 Å². The Kier molecular flexibility index (Phi) is 8.18. The highest BCUT2D eigenvalue weighted by atomic mass is 16.5. The lowest BCUT2D eigenvalue weighted by molar-refractivity contribution is -0.0368. The minimum atomic E-state index is 0.321. The van der Waals surface area contributed by atoms with E-state index in [1.165, 1.54) is 6.42 Å². The number of hydrogen-bond acceptors (Lipinski definition) is 5. The van der Waals surface area contributed by atoms with Gasteiger partial charge in [-0.3, -0.25) is 9.89 Å². The number of nitrogens with zero attached hydrogens (tertiary/aromatic N) is 3. The molecule has 3 heterocycles. The number of morpholine rings is 1. The Bertz CT molecular complexity index is 462. The monoisotopic (exact) mass is 382 g/mol. The molecule has 0 aromatic carbocycles. The highest BCUT2D eigenvalue weighted by Crippen LogP contribution is 2.18. The molecule has 0 aromatic heterocycles. The Morgan fingerprint density at radius 1 is 1.22 bits per heavy atom. The molecule has 3 rings (SSSR count). The summed E-state index contributed by atoms with van der Waals surface area (Å²) in [5, 5.41) is 3.58. The van der Waals surface area contributed by atoms with Crippen molar-refractivity contribution in [1.29, 1.82) is 0 Å². The van der Waals surface area contributed by atoms with Crippen LogP contribution in [-0.2, 0) is 14.2 Å². The van der Waals surface area contributed by atoms with E-state index in [0.29, 0.717) is 24.3 Å². The van der Waals surface area contributed by atoms with Crippen LogP contribution in [0.2, 0.25) is 0 Å². The van der Waals surface area contributed by atoms with Gasteiger partial charge in [-0.2, -0.15) is 0 Å². The number of aliphatic imine (C=N–C) groups is 1. The molecule has 0 radical (unpaired) electrons. The summed E-state index contributed by atoms with van der Waals surface area (Å²) in [4.78, 5) is 9.39. The van der Waals surface area contributed by atoms with E-state index in [0.717, 1.165) is 77.8 Å². The highest BCUT2D eigenvalue weighted by Gasteiger charge is 2.26. The molecule has 27 heavy (non-hydrogen) atoms. The molecular formula is C20H38N4O3. The van der Waals surface area contributed by atoms with Crippen LogP contribution in [0.1, 0.15) is 39.5 Å². The molecule has 0 saturated carbocycles. The van der Waals surface area contributed by atoms with Gasteiger partial charge < -0.3 is 24.4 Å². The van der Waals surface area contributed by atoms with Gasteiger partial charge in [0.05, 0.1) is 32.0 Å². The van der Waals surface area contributed by atoms with Gasteiger partial charge in [-0.25, -0.2) is 0 Å². The Morgan fingerprint density at radius 3 is 2.70 bits per heavy atom. The third-order valence-electron chi connectivity index (χ3n) is 6.04. The summed E-state index contributed by atoms with van der Waals surface area (Å²) in [6.45, 7) is 11.8. The van der Waals surface area contributed by atoms with Crippen molar-refractivity contribution in [3.05, 3.63) is 0 Å². The summed E-state index contributed by atoms with van der Waals surface area (Å²) in [7, 11) is 1.88. The van der Waals surface area contributed by atoms with Crippen molar-refractivity contribution in [1.82, 2.24) is 15.1 Å². The van der Waals surface area contributed by atoms with Gasteiger partial charge >= 0.3 is 0 Å². The fraction of sp³-hybridized carbons (Fsp3) is 0.950. The molecule has 3 fully saturated rings. The smallest absolute Gasteiger partial charge is 0.193 e. The first-order valence-electron chi connectivity index (χ1n) is 10.7. The number of hydrogen-bond donors (Lipinski definition) is 1. The molecule has 7 heteroatoms. The Hall–Kier alpha value is -0.890. The van der Waals surface area contributed by atoms with Crippen molar-refractivity contribution in [2.24, 2.45) is 4.99 Å². The molecule has 0 bridgehead atoms. The van der Waals surface area contributed by atoms with Gasteiger partial charge in [0, 0.05) is 51.9 Å². The van der Waals surface area contributed by atoms with Crippen molar-refractivity contribution in [2.75, 3.05) is 59.7 Å². The topological polar surface area (TPSA) is 58.6 Å². The first kappa shape index (κ1) is 20.8. The fourth-order valence-electron chi connectivity index (χ4n) is 4.34. The van der Waals surface area contributed by atoms with E-state index < -0.39 is 0 Å². The van der Waals surface area contributed by atoms with Gasteiger partial charge in [0.15, 0.2) is 5.96 Å². The first-order valence-corrected chi connectivity index (χ1v) is 10.7. The second-order valence-electron chi connectivity index (χ2n) is 8.09. The third-order valence-corrected chi connectivity index (χ3v) is 6.04. The van der Waals surface area contributed by atoms with E-state index in [1.54, 1.807) is 0 Å². The van der Waals surface area contributed by atoms with Gasteiger partial charge in [-0.15, -0.1) is 0 Å². The number of rotatable bonds is 6. The van der Waals surface area contributed by atoms with E-state index in [4.69, 9.17) is 14.2 Å². The van der Waals surface area contributed by atoms with E-state index in [9.17, 15) is 0 Å². The molecule has 3 saturated heterocycles. The Labute approximate surface area is 164 Å². The fourth-order valence-corrected chi connectivity index (χ4v) is 4.34. The lowest BCUT2D eigenvalue weighted by Crippen LogP contribution is -2.54. The molecule has 3 aliphatic rings. The molecule has 3 atom stereocenters. The number of piperidine rings is 1. The number of guanidine groups is 1. The minimum absolute atomic E-state index is 0.321. The van der Waals surface area contributed by atoms with Crippen molar-refractivity contribution in [2.45, 2.75) is 63.8 Å². The van der Waals surface area contributed by atoms with E-state index in [1.807, 2.05) is 7.05 Å². The molecule has 3 aliphatic heterocycles. The third kappa shape index (κ3) is 6.04. The van der Waals surface area contributed by atoms with Crippen LogP contribution in [0.5, 0.6) is 0 Å². The minimum Gasteiger partial charge on any atom is -0.379 e. The standard InChI is InChI=1S/C20H38N4O3/c1-16(24-10-12-25-14-17(24)2)13-22-20(21-3)23-8-6-18(7-9-23)27-15-19-5-4-11-26-19/h16-19H,4-15H2,1-3H3,(H,21,22). The maximum absolute atomic E-state index is 6.09. The van der Waals surface area contributed by atoms with Gasteiger partial charge in [-0.05, 0) is 39.5 Å². The molecule has 0 spiro atoms. The summed E-state index contributed by atoms with van der Waals surface area (Å²) in [6, 6.07) is 0.947. The largest absolute Gasteiger partial charge is 0.379 e. The quantitative estimate of drug-likeness (QED) is 0.553. The molecular weight excluding hydrogens is 344 g/mol. The second-order valence-corrected chi connectivity index (χ2v) is 8.09. The van der Waals surface area contributed by atoms with Crippen LogP contribution in [-0.4, -0.2) is 99.7 Å². The van der Waals surface area contributed by atoms with Crippen LogP contribution < -0.4 is 5.32 Å². The summed E-state index contributed by atoms with van der Waals surface area (Å²) < 4.78 is 17.3. The zero-order valence-electron chi connectivity index (χ0n) is 17.4. The van der Waals surface area contributed by atoms with Crippen LogP contribution in [0, 0.1) is 0 Å². The van der Waals surface area contributed by atoms with E-state index in [2.05, 4.69) is 34.0 Å². The average Bonchev–Trinajstić information content (AvgIpc) is 3.21. The van der Waals surface area contributed by atoms with Gasteiger partial charge in [0.1, 0.15) is 0 Å². The van der Waals surface area contributed by atoms with Gasteiger partial charge in [0.2, 0.25) is 0 Å².